The van der Waals surface area contributed by atoms with Crippen molar-refractivity contribution in [1.82, 2.24) is 14.9 Å². The first-order valence-corrected chi connectivity index (χ1v) is 7.55. The summed E-state index contributed by atoms with van der Waals surface area (Å²) in [6, 6.07) is 3.30. The van der Waals surface area contributed by atoms with Crippen molar-refractivity contribution in [3.63, 3.8) is 0 Å². The number of aromatic nitrogens is 2. The molecule has 1 aliphatic heterocycles. The lowest BCUT2D eigenvalue weighted by Gasteiger charge is -2.34. The maximum atomic E-state index is 12.4. The topological polar surface area (TPSA) is 49.3 Å². The number of hydrogen-bond acceptors (Lipinski definition) is 5. The highest BCUT2D eigenvalue weighted by atomic mass is 35.5. The van der Waals surface area contributed by atoms with Crippen LogP contribution in [-0.4, -0.2) is 47.0 Å². The van der Waals surface area contributed by atoms with Gasteiger partial charge in [-0.3, -0.25) is 4.79 Å². The molecule has 2 aromatic rings. The van der Waals surface area contributed by atoms with Crippen molar-refractivity contribution >= 4 is 34.0 Å². The first-order chi connectivity index (χ1) is 9.74. The molecule has 20 heavy (non-hydrogen) atoms. The van der Waals surface area contributed by atoms with Gasteiger partial charge >= 0.3 is 0 Å². The number of carbonyl (C=O) groups is 1. The van der Waals surface area contributed by atoms with Crippen molar-refractivity contribution in [3.05, 3.63) is 40.6 Å². The summed E-state index contributed by atoms with van der Waals surface area (Å²) in [6.07, 6.45) is 3.36. The summed E-state index contributed by atoms with van der Waals surface area (Å²) in [5.41, 5.74) is 0.590. The van der Waals surface area contributed by atoms with E-state index in [-0.39, 0.29) is 5.91 Å². The Bertz CT molecular complexity index is 596. The van der Waals surface area contributed by atoms with Crippen LogP contribution in [-0.2, 0) is 0 Å². The molecule has 0 bridgehead atoms. The van der Waals surface area contributed by atoms with E-state index >= 15 is 0 Å². The van der Waals surface area contributed by atoms with Crippen molar-refractivity contribution in [2.45, 2.75) is 0 Å². The molecule has 0 radical (unpaired) electrons. The third-order valence-electron chi connectivity index (χ3n) is 3.23. The molecule has 0 saturated carbocycles. The van der Waals surface area contributed by atoms with Gasteiger partial charge in [-0.1, -0.05) is 11.6 Å². The molecule has 7 heteroatoms. The molecule has 0 aromatic carbocycles. The molecule has 104 valence electrons. The van der Waals surface area contributed by atoms with E-state index in [0.717, 1.165) is 18.2 Å². The minimum Gasteiger partial charge on any atom is -0.345 e. The molecule has 1 amide bonds. The van der Waals surface area contributed by atoms with Crippen LogP contribution in [0, 0.1) is 0 Å². The van der Waals surface area contributed by atoms with E-state index in [0.29, 0.717) is 23.8 Å². The Labute approximate surface area is 125 Å². The van der Waals surface area contributed by atoms with E-state index in [4.69, 9.17) is 11.6 Å². The zero-order valence-corrected chi connectivity index (χ0v) is 12.3. The van der Waals surface area contributed by atoms with Crippen LogP contribution >= 0.6 is 22.9 Å². The van der Waals surface area contributed by atoms with Gasteiger partial charge in [0.25, 0.3) is 5.91 Å². The van der Waals surface area contributed by atoms with Gasteiger partial charge in [0.2, 0.25) is 0 Å². The zero-order valence-electron chi connectivity index (χ0n) is 10.7. The monoisotopic (exact) mass is 308 g/mol. The van der Waals surface area contributed by atoms with Crippen LogP contribution in [0.25, 0.3) is 0 Å². The second-order valence-corrected chi connectivity index (χ2v) is 5.72. The quantitative estimate of drug-likeness (QED) is 0.798. The van der Waals surface area contributed by atoms with E-state index in [9.17, 15) is 4.79 Å². The third-order valence-corrected chi connectivity index (χ3v) is 4.27. The number of pyridine rings is 1. The van der Waals surface area contributed by atoms with Crippen molar-refractivity contribution in [2.75, 3.05) is 31.1 Å². The van der Waals surface area contributed by atoms with Gasteiger partial charge in [-0.25, -0.2) is 9.97 Å². The van der Waals surface area contributed by atoms with Gasteiger partial charge in [0.05, 0.1) is 0 Å². The SMILES string of the molecule is O=C(c1ccnc(Cl)c1)N1CCN(c2nccs2)CC1. The Morgan fingerprint density at radius 3 is 2.65 bits per heavy atom. The number of nitrogens with zero attached hydrogens (tertiary/aromatic N) is 4. The average molecular weight is 309 g/mol. The van der Waals surface area contributed by atoms with Gasteiger partial charge in [-0.05, 0) is 12.1 Å². The number of hydrogen-bond donors (Lipinski definition) is 0. The fourth-order valence-corrected chi connectivity index (χ4v) is 3.06. The van der Waals surface area contributed by atoms with Gasteiger partial charge < -0.3 is 9.80 Å². The summed E-state index contributed by atoms with van der Waals surface area (Å²) in [4.78, 5) is 24.6. The highest BCUT2D eigenvalue weighted by Crippen LogP contribution is 2.19. The summed E-state index contributed by atoms with van der Waals surface area (Å²) < 4.78 is 0. The number of piperazine rings is 1. The average Bonchev–Trinajstić information content (AvgIpc) is 3.01. The van der Waals surface area contributed by atoms with Gasteiger partial charge in [0.1, 0.15) is 5.15 Å². The molecule has 2 aromatic heterocycles. The number of thiazole rings is 1. The molecule has 0 unspecified atom stereocenters. The Morgan fingerprint density at radius 2 is 2.00 bits per heavy atom. The number of amides is 1. The van der Waals surface area contributed by atoms with Crippen LogP contribution in [0.4, 0.5) is 5.13 Å². The minimum absolute atomic E-state index is 0.00749. The van der Waals surface area contributed by atoms with Gasteiger partial charge in [-0.2, -0.15) is 0 Å². The van der Waals surface area contributed by atoms with E-state index in [1.54, 1.807) is 35.9 Å². The molecule has 1 fully saturated rings. The van der Waals surface area contributed by atoms with Gasteiger partial charge in [0.15, 0.2) is 5.13 Å². The van der Waals surface area contributed by atoms with Crippen molar-refractivity contribution in [1.29, 1.82) is 0 Å². The molecule has 1 aliphatic rings. The van der Waals surface area contributed by atoms with Crippen molar-refractivity contribution < 1.29 is 4.79 Å². The van der Waals surface area contributed by atoms with Crippen LogP contribution in [0.15, 0.2) is 29.9 Å². The summed E-state index contributed by atoms with van der Waals surface area (Å²) >= 11 is 7.44. The number of rotatable bonds is 2. The van der Waals surface area contributed by atoms with Crippen LogP contribution in [0.2, 0.25) is 5.15 Å². The van der Waals surface area contributed by atoms with Crippen LogP contribution in [0.1, 0.15) is 10.4 Å². The molecule has 3 rings (SSSR count). The Morgan fingerprint density at radius 1 is 1.20 bits per heavy atom. The Balaban J connectivity index is 1.65. The Hall–Kier alpha value is -1.66. The maximum Gasteiger partial charge on any atom is 0.254 e. The highest BCUT2D eigenvalue weighted by Gasteiger charge is 2.23. The molecule has 5 nitrogen and oxygen atoms in total. The Kier molecular flexibility index (Phi) is 3.84. The standard InChI is InChI=1S/C13H13ClN4OS/c14-11-9-10(1-2-15-11)12(19)17-4-6-18(7-5-17)13-16-3-8-20-13/h1-3,8-9H,4-7H2. The molecular formula is C13H13ClN4OS. The molecule has 0 aliphatic carbocycles. The predicted molar refractivity (Wildman–Crippen MR) is 79.5 cm³/mol. The lowest BCUT2D eigenvalue weighted by Crippen LogP contribution is -2.48. The largest absolute Gasteiger partial charge is 0.345 e. The van der Waals surface area contributed by atoms with E-state index in [2.05, 4.69) is 14.9 Å². The van der Waals surface area contributed by atoms with Crippen LogP contribution in [0.3, 0.4) is 0 Å². The summed E-state index contributed by atoms with van der Waals surface area (Å²) in [5, 5.41) is 3.33. The number of halogens is 1. The highest BCUT2D eigenvalue weighted by molar-refractivity contribution is 7.13. The summed E-state index contributed by atoms with van der Waals surface area (Å²) in [7, 11) is 0. The van der Waals surface area contributed by atoms with Gasteiger partial charge in [0, 0.05) is 49.5 Å². The molecule has 0 spiro atoms. The van der Waals surface area contributed by atoms with Crippen LogP contribution < -0.4 is 4.90 Å². The molecule has 0 N–H and O–H groups in total. The first kappa shape index (κ1) is 13.3. The van der Waals surface area contributed by atoms with Crippen molar-refractivity contribution in [2.24, 2.45) is 0 Å². The third kappa shape index (κ3) is 2.76. The smallest absolute Gasteiger partial charge is 0.254 e. The normalized spacial score (nSPS) is 15.4. The lowest BCUT2D eigenvalue weighted by molar-refractivity contribution is 0.0746. The van der Waals surface area contributed by atoms with Gasteiger partial charge in [-0.15, -0.1) is 11.3 Å². The van der Waals surface area contributed by atoms with Crippen molar-refractivity contribution in [3.8, 4) is 0 Å². The fourth-order valence-electron chi connectivity index (χ4n) is 2.19. The second-order valence-electron chi connectivity index (χ2n) is 4.46. The lowest BCUT2D eigenvalue weighted by atomic mass is 10.2. The summed E-state index contributed by atoms with van der Waals surface area (Å²) in [5.74, 6) is 0.00749. The molecule has 1 saturated heterocycles. The summed E-state index contributed by atoms with van der Waals surface area (Å²) in [6.45, 7) is 2.99. The maximum absolute atomic E-state index is 12.4. The number of carbonyl (C=O) groups excluding carboxylic acids is 1. The fraction of sp³-hybridized carbons (Fsp3) is 0.308. The molecule has 0 atom stereocenters. The first-order valence-electron chi connectivity index (χ1n) is 6.29. The minimum atomic E-state index is 0.00749. The second kappa shape index (κ2) is 5.76. The number of anilines is 1. The molecular weight excluding hydrogens is 296 g/mol. The van der Waals surface area contributed by atoms with E-state index in [1.807, 2.05) is 10.3 Å². The van der Waals surface area contributed by atoms with E-state index in [1.165, 1.54) is 0 Å². The van der Waals surface area contributed by atoms with E-state index < -0.39 is 0 Å². The van der Waals surface area contributed by atoms with Crippen LogP contribution in [0.5, 0.6) is 0 Å². The predicted octanol–water partition coefficient (Wildman–Crippen LogP) is 2.15. The molecule has 3 heterocycles. The zero-order chi connectivity index (χ0) is 13.9.